The van der Waals surface area contributed by atoms with Crippen LogP contribution >= 0.6 is 27.3 Å². The van der Waals surface area contributed by atoms with Crippen LogP contribution in [-0.2, 0) is 27.6 Å². The van der Waals surface area contributed by atoms with E-state index in [0.29, 0.717) is 55.9 Å². The second kappa shape index (κ2) is 14.6. The molecule has 0 aliphatic heterocycles. The monoisotopic (exact) mass is 737 g/mol. The highest BCUT2D eigenvalue weighted by Crippen LogP contribution is 2.34. The molecule has 0 unspecified atom stereocenters. The lowest BCUT2D eigenvalue weighted by atomic mass is 10.1. The number of hydrogen-bond acceptors (Lipinski definition) is 10. The molecular formula is C33H26BrF2N5O4S2. The van der Waals surface area contributed by atoms with E-state index >= 15 is 4.39 Å². The van der Waals surface area contributed by atoms with Crippen molar-refractivity contribution in [2.24, 2.45) is 0 Å². The second-order valence-corrected chi connectivity index (χ2v) is 14.1. The highest BCUT2D eigenvalue weighted by Gasteiger charge is 2.17. The molecule has 9 nitrogen and oxygen atoms in total. The molecule has 0 aliphatic carbocycles. The van der Waals surface area contributed by atoms with Crippen molar-refractivity contribution in [1.29, 1.82) is 0 Å². The fourth-order valence-electron chi connectivity index (χ4n) is 4.61. The summed E-state index contributed by atoms with van der Waals surface area (Å²) in [4.78, 5) is 17.1. The molecule has 0 bridgehead atoms. The third-order valence-corrected chi connectivity index (χ3v) is 10.1. The van der Waals surface area contributed by atoms with Crippen molar-refractivity contribution in [3.05, 3.63) is 117 Å². The predicted molar refractivity (Wildman–Crippen MR) is 180 cm³/mol. The normalized spacial score (nSPS) is 11.6. The van der Waals surface area contributed by atoms with E-state index < -0.39 is 15.7 Å². The van der Waals surface area contributed by atoms with Gasteiger partial charge in [0.1, 0.15) is 36.1 Å². The highest BCUT2D eigenvalue weighted by molar-refractivity contribution is 9.10. The zero-order chi connectivity index (χ0) is 32.8. The number of aromatic nitrogens is 4. The number of nitrogens with zero attached hydrogens (tertiary/aromatic N) is 4. The van der Waals surface area contributed by atoms with Crippen LogP contribution in [0.2, 0.25) is 0 Å². The SMILES string of the molecule is O=S(=O)(CCOCCc1nc(-c2cc3c(Nc4ccc(OCc5cccc(F)c5)c(Br)c4)ncnc3cc2F)cs1)c1ccccn1. The van der Waals surface area contributed by atoms with E-state index in [2.05, 4.69) is 41.2 Å². The summed E-state index contributed by atoms with van der Waals surface area (Å²) < 4.78 is 65.6. The first kappa shape index (κ1) is 32.6. The maximum Gasteiger partial charge on any atom is 0.197 e. The van der Waals surface area contributed by atoms with E-state index in [0.717, 1.165) is 5.01 Å². The average Bonchev–Trinajstić information content (AvgIpc) is 3.53. The van der Waals surface area contributed by atoms with E-state index in [1.807, 2.05) is 12.1 Å². The van der Waals surface area contributed by atoms with Crippen LogP contribution in [0.25, 0.3) is 22.2 Å². The van der Waals surface area contributed by atoms with Crippen LogP contribution < -0.4 is 10.1 Å². The maximum absolute atomic E-state index is 15.2. The fourth-order valence-corrected chi connectivity index (χ4v) is 6.94. The summed E-state index contributed by atoms with van der Waals surface area (Å²) in [5.74, 6) is 0.0728. The quantitative estimate of drug-likeness (QED) is 0.120. The number of sulfone groups is 1. The lowest BCUT2D eigenvalue weighted by Crippen LogP contribution is -2.14. The first-order valence-corrected chi connectivity index (χ1v) is 17.6. The molecule has 3 aromatic heterocycles. The molecule has 1 N–H and O–H groups in total. The third kappa shape index (κ3) is 8.14. The van der Waals surface area contributed by atoms with Gasteiger partial charge in [0.25, 0.3) is 0 Å². The number of pyridine rings is 1. The highest BCUT2D eigenvalue weighted by atomic mass is 79.9. The molecule has 3 heterocycles. The molecule has 6 aromatic rings. The number of anilines is 2. The lowest BCUT2D eigenvalue weighted by molar-refractivity contribution is 0.152. The number of halogens is 3. The molecule has 3 aromatic carbocycles. The second-order valence-electron chi connectivity index (χ2n) is 10.2. The van der Waals surface area contributed by atoms with Crippen molar-refractivity contribution in [3.63, 3.8) is 0 Å². The van der Waals surface area contributed by atoms with Crippen LogP contribution in [-0.4, -0.2) is 47.3 Å². The summed E-state index contributed by atoms with van der Waals surface area (Å²) in [6, 6.07) is 19.4. The van der Waals surface area contributed by atoms with Gasteiger partial charge in [0.05, 0.1) is 39.7 Å². The average molecular weight is 739 g/mol. The minimum absolute atomic E-state index is 0.0175. The Morgan fingerprint density at radius 1 is 0.936 bits per heavy atom. The molecular weight excluding hydrogens is 712 g/mol. The number of fused-ring (bicyclic) bond motifs is 1. The topological polar surface area (TPSA) is 116 Å². The summed E-state index contributed by atoms with van der Waals surface area (Å²) >= 11 is 4.89. The minimum atomic E-state index is -3.53. The molecule has 0 saturated carbocycles. The van der Waals surface area contributed by atoms with E-state index in [1.54, 1.807) is 41.8 Å². The van der Waals surface area contributed by atoms with E-state index in [1.165, 1.54) is 48.1 Å². The standard InChI is InChI=1S/C33H26BrF2N5O4S2/c34-26-15-23(7-8-30(26)45-18-21-4-3-5-22(35)14-21)40-33-25-16-24(27(36)17-28(25)38-20-39-33)29-19-46-31(41-29)9-11-44-12-13-47(42,43)32-6-1-2-10-37-32/h1-8,10,14-17,19-20H,9,11-13,18H2,(H,38,39,40). The summed E-state index contributed by atoms with van der Waals surface area (Å²) in [6.07, 6.45) is 3.23. The molecule has 0 aliphatic rings. The van der Waals surface area contributed by atoms with Crippen molar-refractivity contribution < 1.29 is 26.7 Å². The van der Waals surface area contributed by atoms with Gasteiger partial charge in [0.2, 0.25) is 0 Å². The van der Waals surface area contributed by atoms with Crippen molar-refractivity contribution in [2.45, 2.75) is 18.1 Å². The van der Waals surface area contributed by atoms with Crippen LogP contribution in [0, 0.1) is 11.6 Å². The Balaban J connectivity index is 1.10. The van der Waals surface area contributed by atoms with E-state index in [-0.39, 0.29) is 36.4 Å². The number of thiazole rings is 1. The molecule has 0 spiro atoms. The van der Waals surface area contributed by atoms with Gasteiger partial charge in [0, 0.05) is 40.7 Å². The van der Waals surface area contributed by atoms with Crippen molar-refractivity contribution in [2.75, 3.05) is 24.3 Å². The van der Waals surface area contributed by atoms with Gasteiger partial charge in [-0.25, -0.2) is 37.1 Å². The number of nitrogens with one attached hydrogen (secondary N) is 1. The van der Waals surface area contributed by atoms with Gasteiger partial charge in [-0.3, -0.25) is 0 Å². The van der Waals surface area contributed by atoms with Crippen LogP contribution in [0.3, 0.4) is 0 Å². The Kier molecular flexibility index (Phi) is 10.1. The van der Waals surface area contributed by atoms with Crippen LogP contribution in [0.15, 0.2) is 100 Å². The molecule has 47 heavy (non-hydrogen) atoms. The minimum Gasteiger partial charge on any atom is -0.488 e. The van der Waals surface area contributed by atoms with Crippen molar-refractivity contribution >= 4 is 59.5 Å². The first-order valence-electron chi connectivity index (χ1n) is 14.3. The van der Waals surface area contributed by atoms with E-state index in [4.69, 9.17) is 9.47 Å². The number of ether oxygens (including phenoxy) is 2. The molecule has 240 valence electrons. The number of hydrogen-bond donors (Lipinski definition) is 1. The Hall–Kier alpha value is -4.37. The Labute approximate surface area is 281 Å². The largest absolute Gasteiger partial charge is 0.488 e. The van der Waals surface area contributed by atoms with Gasteiger partial charge in [-0.2, -0.15) is 0 Å². The molecule has 0 saturated heterocycles. The predicted octanol–water partition coefficient (Wildman–Crippen LogP) is 7.54. The zero-order valence-electron chi connectivity index (χ0n) is 24.6. The smallest absolute Gasteiger partial charge is 0.197 e. The number of benzene rings is 3. The maximum atomic E-state index is 15.2. The Morgan fingerprint density at radius 3 is 2.64 bits per heavy atom. The summed E-state index contributed by atoms with van der Waals surface area (Å²) in [5.41, 5.74) is 2.58. The molecule has 14 heteroatoms. The molecule has 0 radical (unpaired) electrons. The van der Waals surface area contributed by atoms with Gasteiger partial charge in [-0.05, 0) is 70.0 Å². The van der Waals surface area contributed by atoms with Gasteiger partial charge in [-0.1, -0.05) is 18.2 Å². The zero-order valence-corrected chi connectivity index (χ0v) is 27.8. The summed E-state index contributed by atoms with van der Waals surface area (Å²) in [5, 5.41) is 6.37. The van der Waals surface area contributed by atoms with Gasteiger partial charge in [-0.15, -0.1) is 11.3 Å². The van der Waals surface area contributed by atoms with Gasteiger partial charge in [0.15, 0.2) is 14.9 Å². The molecule has 0 amide bonds. The summed E-state index contributed by atoms with van der Waals surface area (Å²) in [6.45, 7) is 0.487. The Morgan fingerprint density at radius 2 is 1.83 bits per heavy atom. The lowest BCUT2D eigenvalue weighted by Gasteiger charge is -2.13. The van der Waals surface area contributed by atoms with Gasteiger partial charge < -0.3 is 14.8 Å². The van der Waals surface area contributed by atoms with Gasteiger partial charge >= 0.3 is 0 Å². The number of rotatable bonds is 13. The van der Waals surface area contributed by atoms with Crippen molar-refractivity contribution in [3.8, 4) is 17.0 Å². The summed E-state index contributed by atoms with van der Waals surface area (Å²) in [7, 11) is -3.53. The van der Waals surface area contributed by atoms with Crippen LogP contribution in [0.5, 0.6) is 5.75 Å². The fraction of sp³-hybridized carbons (Fsp3) is 0.152. The molecule has 0 atom stereocenters. The van der Waals surface area contributed by atoms with Crippen LogP contribution in [0.1, 0.15) is 10.6 Å². The first-order chi connectivity index (χ1) is 22.7. The third-order valence-electron chi connectivity index (χ3n) is 6.94. The Bertz CT molecular complexity index is 2140. The molecule has 6 rings (SSSR count). The van der Waals surface area contributed by atoms with Crippen LogP contribution in [0.4, 0.5) is 20.3 Å². The van der Waals surface area contributed by atoms with E-state index in [9.17, 15) is 12.8 Å². The molecule has 0 fully saturated rings. The van der Waals surface area contributed by atoms with Crippen molar-refractivity contribution in [1.82, 2.24) is 19.9 Å².